The first-order chi connectivity index (χ1) is 5.83. The van der Waals surface area contributed by atoms with Gasteiger partial charge in [0.15, 0.2) is 0 Å². The molecule has 1 rings (SSSR count). The van der Waals surface area contributed by atoms with E-state index in [9.17, 15) is 5.11 Å². The minimum absolute atomic E-state index is 0. The van der Waals surface area contributed by atoms with Crippen molar-refractivity contribution in [2.75, 3.05) is 6.54 Å². The highest BCUT2D eigenvalue weighted by atomic mass is 35.5. The highest BCUT2D eigenvalue weighted by Crippen LogP contribution is 2.03. The average molecular weight is 202 g/mol. The summed E-state index contributed by atoms with van der Waals surface area (Å²) in [5.74, 6) is 0. The molecule has 0 aliphatic carbocycles. The van der Waals surface area contributed by atoms with Crippen molar-refractivity contribution in [2.45, 2.75) is 18.9 Å². The second kappa shape index (κ2) is 6.89. The molecule has 1 atom stereocenters. The normalized spacial score (nSPS) is 11.8. The first kappa shape index (κ1) is 12.4. The molecule has 0 aliphatic rings. The van der Waals surface area contributed by atoms with E-state index < -0.39 is 0 Å². The molecule has 0 spiro atoms. The topological polar surface area (TPSA) is 46.2 Å². The summed E-state index contributed by atoms with van der Waals surface area (Å²) in [6.07, 6.45) is 1.30. The monoisotopic (exact) mass is 201 g/mol. The highest BCUT2D eigenvalue weighted by molar-refractivity contribution is 5.85. The van der Waals surface area contributed by atoms with Gasteiger partial charge in [0.2, 0.25) is 0 Å². The van der Waals surface area contributed by atoms with Crippen LogP contribution in [0, 0.1) is 0 Å². The molecule has 0 radical (unpaired) electrons. The highest BCUT2D eigenvalue weighted by Gasteiger charge is 2.00. The zero-order chi connectivity index (χ0) is 8.81. The second-order valence-electron chi connectivity index (χ2n) is 2.91. The molecule has 0 aromatic heterocycles. The number of rotatable bonds is 4. The van der Waals surface area contributed by atoms with Crippen molar-refractivity contribution in [3.8, 4) is 0 Å². The molecule has 0 saturated heterocycles. The van der Waals surface area contributed by atoms with E-state index in [4.69, 9.17) is 5.73 Å². The lowest BCUT2D eigenvalue weighted by molar-refractivity contribution is 0.173. The Morgan fingerprint density at radius 1 is 1.23 bits per heavy atom. The quantitative estimate of drug-likeness (QED) is 0.773. The number of halogens is 1. The molecule has 13 heavy (non-hydrogen) atoms. The van der Waals surface area contributed by atoms with E-state index in [1.54, 1.807) is 0 Å². The zero-order valence-corrected chi connectivity index (χ0v) is 8.33. The summed E-state index contributed by atoms with van der Waals surface area (Å²) in [6, 6.07) is 10.1. The summed E-state index contributed by atoms with van der Waals surface area (Å²) in [5, 5.41) is 9.19. The summed E-state index contributed by atoms with van der Waals surface area (Å²) in [6.45, 7) is 0.354. The molecule has 0 saturated carbocycles. The van der Waals surface area contributed by atoms with Crippen LogP contribution in [0.5, 0.6) is 0 Å². The third kappa shape index (κ3) is 4.88. The molecule has 1 aromatic carbocycles. The van der Waals surface area contributed by atoms with Crippen molar-refractivity contribution in [3.63, 3.8) is 0 Å². The lowest BCUT2D eigenvalue weighted by Crippen LogP contribution is -2.20. The number of hydrogen-bond acceptors (Lipinski definition) is 2. The molecule has 3 heteroatoms. The molecule has 1 unspecified atom stereocenters. The van der Waals surface area contributed by atoms with Gasteiger partial charge in [-0.25, -0.2) is 0 Å². The van der Waals surface area contributed by atoms with Crippen molar-refractivity contribution >= 4 is 12.4 Å². The third-order valence-corrected chi connectivity index (χ3v) is 1.88. The van der Waals surface area contributed by atoms with Crippen LogP contribution in [0.4, 0.5) is 0 Å². The lowest BCUT2D eigenvalue weighted by Gasteiger charge is -2.06. The number of hydrogen-bond donors (Lipinski definition) is 2. The van der Waals surface area contributed by atoms with Crippen LogP contribution in [-0.4, -0.2) is 17.8 Å². The maximum Gasteiger partial charge on any atom is 0.0665 e. The van der Waals surface area contributed by atoms with Crippen LogP contribution in [0.1, 0.15) is 12.0 Å². The van der Waals surface area contributed by atoms with E-state index >= 15 is 0 Å². The van der Waals surface area contributed by atoms with E-state index in [0.29, 0.717) is 6.54 Å². The van der Waals surface area contributed by atoms with Gasteiger partial charge in [0.1, 0.15) is 0 Å². The Morgan fingerprint density at radius 3 is 2.38 bits per heavy atom. The Kier molecular flexibility index (Phi) is 6.59. The number of aliphatic hydroxyl groups is 1. The number of aryl methyl sites for hydroxylation is 1. The van der Waals surface area contributed by atoms with E-state index in [0.717, 1.165) is 12.8 Å². The van der Waals surface area contributed by atoms with Crippen LogP contribution in [-0.2, 0) is 6.42 Å². The number of benzene rings is 1. The molecular weight excluding hydrogens is 186 g/mol. The molecule has 1 aromatic rings. The molecule has 3 N–H and O–H groups in total. The molecule has 0 amide bonds. The summed E-state index contributed by atoms with van der Waals surface area (Å²) in [5.41, 5.74) is 6.54. The van der Waals surface area contributed by atoms with Gasteiger partial charge in [-0.1, -0.05) is 30.3 Å². The first-order valence-electron chi connectivity index (χ1n) is 4.25. The Hall–Kier alpha value is -0.570. The maximum absolute atomic E-state index is 9.19. The van der Waals surface area contributed by atoms with Gasteiger partial charge in [-0.3, -0.25) is 0 Å². The van der Waals surface area contributed by atoms with Crippen LogP contribution in [0.3, 0.4) is 0 Å². The molecule has 0 heterocycles. The van der Waals surface area contributed by atoms with Crippen LogP contribution in [0.15, 0.2) is 30.3 Å². The molecule has 0 aliphatic heterocycles. The number of aliphatic hydroxyl groups excluding tert-OH is 1. The van der Waals surface area contributed by atoms with E-state index in [-0.39, 0.29) is 18.5 Å². The SMILES string of the molecule is Cl.NCC(O)CCc1ccccc1. The van der Waals surface area contributed by atoms with Gasteiger partial charge < -0.3 is 10.8 Å². The fourth-order valence-corrected chi connectivity index (χ4v) is 1.10. The summed E-state index contributed by atoms with van der Waals surface area (Å²) in [4.78, 5) is 0. The van der Waals surface area contributed by atoms with Crippen LogP contribution in [0.2, 0.25) is 0 Å². The Balaban J connectivity index is 0.00000144. The van der Waals surface area contributed by atoms with Crippen LogP contribution in [0.25, 0.3) is 0 Å². The molecule has 74 valence electrons. The predicted molar refractivity (Wildman–Crippen MR) is 57.1 cm³/mol. The summed E-state index contributed by atoms with van der Waals surface area (Å²) < 4.78 is 0. The predicted octanol–water partition coefficient (Wildman–Crippen LogP) is 1.36. The standard InChI is InChI=1S/C10H15NO.ClH/c11-8-10(12)7-6-9-4-2-1-3-5-9;/h1-5,10,12H,6-8,11H2;1H. The van der Waals surface area contributed by atoms with Crippen molar-refractivity contribution in [1.29, 1.82) is 0 Å². The lowest BCUT2D eigenvalue weighted by atomic mass is 10.1. The van der Waals surface area contributed by atoms with Crippen molar-refractivity contribution in [2.24, 2.45) is 5.73 Å². The van der Waals surface area contributed by atoms with Gasteiger partial charge in [-0.2, -0.15) is 0 Å². The smallest absolute Gasteiger partial charge is 0.0665 e. The molecule has 2 nitrogen and oxygen atoms in total. The van der Waals surface area contributed by atoms with E-state index in [1.165, 1.54) is 5.56 Å². The van der Waals surface area contributed by atoms with Gasteiger partial charge in [-0.15, -0.1) is 12.4 Å². The Bertz CT molecular complexity index is 215. The molecule has 0 fully saturated rings. The minimum atomic E-state index is -0.356. The van der Waals surface area contributed by atoms with Gasteiger partial charge in [0, 0.05) is 6.54 Å². The van der Waals surface area contributed by atoms with Gasteiger partial charge in [-0.05, 0) is 18.4 Å². The van der Waals surface area contributed by atoms with Crippen molar-refractivity contribution < 1.29 is 5.11 Å². The largest absolute Gasteiger partial charge is 0.392 e. The van der Waals surface area contributed by atoms with Gasteiger partial charge in [0.05, 0.1) is 6.10 Å². The zero-order valence-electron chi connectivity index (χ0n) is 7.52. The minimum Gasteiger partial charge on any atom is -0.392 e. The van der Waals surface area contributed by atoms with Gasteiger partial charge in [0.25, 0.3) is 0 Å². The molecule has 0 bridgehead atoms. The first-order valence-corrected chi connectivity index (χ1v) is 4.25. The van der Waals surface area contributed by atoms with Crippen LogP contribution < -0.4 is 5.73 Å². The second-order valence-corrected chi connectivity index (χ2v) is 2.91. The van der Waals surface area contributed by atoms with Crippen molar-refractivity contribution in [1.82, 2.24) is 0 Å². The Labute approximate surface area is 85.2 Å². The average Bonchev–Trinajstić information content (AvgIpc) is 2.16. The van der Waals surface area contributed by atoms with E-state index in [1.807, 2.05) is 18.2 Å². The molecular formula is C10H16ClNO. The van der Waals surface area contributed by atoms with Gasteiger partial charge >= 0.3 is 0 Å². The van der Waals surface area contributed by atoms with Crippen molar-refractivity contribution in [3.05, 3.63) is 35.9 Å². The third-order valence-electron chi connectivity index (χ3n) is 1.88. The Morgan fingerprint density at radius 2 is 1.85 bits per heavy atom. The fourth-order valence-electron chi connectivity index (χ4n) is 1.10. The maximum atomic E-state index is 9.19. The van der Waals surface area contributed by atoms with E-state index in [2.05, 4.69) is 12.1 Å². The van der Waals surface area contributed by atoms with Crippen LogP contribution >= 0.6 is 12.4 Å². The summed E-state index contributed by atoms with van der Waals surface area (Å²) >= 11 is 0. The summed E-state index contributed by atoms with van der Waals surface area (Å²) in [7, 11) is 0. The number of nitrogens with two attached hydrogens (primary N) is 1. The fraction of sp³-hybridized carbons (Fsp3) is 0.400.